The molecule has 0 spiro atoms. The maximum Gasteiger partial charge on any atom is 0.235 e. The maximum atomic E-state index is 5.43. The van der Waals surface area contributed by atoms with Gasteiger partial charge < -0.3 is 9.30 Å². The van der Waals surface area contributed by atoms with Crippen molar-refractivity contribution < 1.29 is 4.74 Å². The van der Waals surface area contributed by atoms with Crippen molar-refractivity contribution in [2.75, 3.05) is 14.2 Å². The van der Waals surface area contributed by atoms with E-state index >= 15 is 0 Å². The molecular weight excluding hydrogens is 388 g/mol. The monoisotopic (exact) mass is 408 g/mol. The molecule has 0 radical (unpaired) electrons. The highest BCUT2D eigenvalue weighted by Crippen LogP contribution is 2.28. The third-order valence-electron chi connectivity index (χ3n) is 4.59. The molecule has 0 atom stereocenters. The predicted octanol–water partition coefficient (Wildman–Crippen LogP) is 2.90. The number of methoxy groups -OCH3 is 1. The Hall–Kier alpha value is -3.40. The van der Waals surface area contributed by atoms with Crippen LogP contribution in [0.5, 0.6) is 0 Å². The van der Waals surface area contributed by atoms with E-state index in [-0.39, 0.29) is 0 Å². The lowest BCUT2D eigenvalue weighted by molar-refractivity contribution is 0.401. The van der Waals surface area contributed by atoms with Gasteiger partial charge in [-0.25, -0.2) is 19.6 Å². The van der Waals surface area contributed by atoms with Gasteiger partial charge >= 0.3 is 0 Å². The molecule has 0 unspecified atom stereocenters. The van der Waals surface area contributed by atoms with Crippen molar-refractivity contribution in [2.45, 2.75) is 20.4 Å². The van der Waals surface area contributed by atoms with E-state index in [1.54, 1.807) is 25.0 Å². The lowest BCUT2D eigenvalue weighted by Crippen LogP contribution is -2.10. The van der Waals surface area contributed by atoms with Gasteiger partial charge in [-0.15, -0.1) is 0 Å². The van der Waals surface area contributed by atoms with Crippen LogP contribution in [0.25, 0.3) is 22.3 Å². The molecule has 0 bridgehead atoms. The standard InChI is InChI=1S/C19H20N8OS/c1-11-23-16(29-25-11)10-26-12(2)24-18-15(26)8-13(9-22-18)14-6-7-27(21-4)17(14)19(20-3)28-5/h6-9H,4,10H2,1-3,5H3/b20-19+. The highest BCUT2D eigenvalue weighted by atomic mass is 32.1. The first-order chi connectivity index (χ1) is 14.0. The molecule has 0 saturated carbocycles. The molecule has 29 heavy (non-hydrogen) atoms. The first kappa shape index (κ1) is 18.9. The molecule has 0 aromatic carbocycles. The summed E-state index contributed by atoms with van der Waals surface area (Å²) in [5, 5.41) is 4.96. The molecule has 4 rings (SSSR count). The fraction of sp³-hybridized carbons (Fsp3) is 0.263. The Balaban J connectivity index is 1.85. The lowest BCUT2D eigenvalue weighted by atomic mass is 10.1. The fourth-order valence-corrected chi connectivity index (χ4v) is 3.92. The third kappa shape index (κ3) is 3.31. The van der Waals surface area contributed by atoms with Crippen LogP contribution in [0.3, 0.4) is 0 Å². The van der Waals surface area contributed by atoms with E-state index in [1.165, 1.54) is 11.5 Å². The van der Waals surface area contributed by atoms with E-state index in [1.807, 2.05) is 26.1 Å². The summed E-state index contributed by atoms with van der Waals surface area (Å²) in [7, 11) is 3.25. The summed E-state index contributed by atoms with van der Waals surface area (Å²) in [6.45, 7) is 8.08. The van der Waals surface area contributed by atoms with Crippen LogP contribution in [-0.4, -0.2) is 55.3 Å². The number of fused-ring (bicyclic) bond motifs is 1. The summed E-state index contributed by atoms with van der Waals surface area (Å²) in [4.78, 5) is 17.9. The number of nitrogens with zero attached hydrogens (tertiary/aromatic N) is 8. The molecule has 0 aliphatic rings. The molecule has 10 heteroatoms. The van der Waals surface area contributed by atoms with Gasteiger partial charge in [0.05, 0.1) is 19.2 Å². The zero-order chi connectivity index (χ0) is 20.5. The SMILES string of the molecule is C=Nn1ccc(-c2cnc3nc(C)n(Cc4nc(C)ns4)c3c2)c1/C(=N\C)OC. The molecule has 4 aromatic rings. The van der Waals surface area contributed by atoms with E-state index in [0.29, 0.717) is 23.8 Å². The molecule has 148 valence electrons. The Bertz CT molecular complexity index is 1230. The number of aryl methyl sites for hydroxylation is 2. The Kier molecular flexibility index (Phi) is 4.93. The zero-order valence-electron chi connectivity index (χ0n) is 16.6. The topological polar surface area (TPSA) is 95.4 Å². The summed E-state index contributed by atoms with van der Waals surface area (Å²) < 4.78 is 13.4. The van der Waals surface area contributed by atoms with Crippen LogP contribution >= 0.6 is 11.5 Å². The van der Waals surface area contributed by atoms with Gasteiger partial charge in [-0.1, -0.05) is 0 Å². The number of imidazole rings is 1. The average molecular weight is 408 g/mol. The molecule has 0 saturated heterocycles. The van der Waals surface area contributed by atoms with Crippen LogP contribution < -0.4 is 0 Å². The van der Waals surface area contributed by atoms with Crippen LogP contribution in [0.15, 0.2) is 34.6 Å². The van der Waals surface area contributed by atoms with E-state index in [4.69, 9.17) is 4.74 Å². The first-order valence-corrected chi connectivity index (χ1v) is 9.65. The molecular formula is C19H20N8OS. The number of aromatic nitrogens is 6. The van der Waals surface area contributed by atoms with Crippen LogP contribution in [0.1, 0.15) is 22.4 Å². The number of hydrogen-bond acceptors (Lipinski definition) is 8. The van der Waals surface area contributed by atoms with E-state index < -0.39 is 0 Å². The van der Waals surface area contributed by atoms with Gasteiger partial charge in [-0.3, -0.25) is 4.99 Å². The van der Waals surface area contributed by atoms with Crippen LogP contribution in [0.4, 0.5) is 0 Å². The Morgan fingerprint density at radius 3 is 2.79 bits per heavy atom. The number of rotatable bonds is 5. The van der Waals surface area contributed by atoms with Gasteiger partial charge in [0.15, 0.2) is 5.65 Å². The lowest BCUT2D eigenvalue weighted by Gasteiger charge is -2.09. The summed E-state index contributed by atoms with van der Waals surface area (Å²) in [6.07, 6.45) is 3.61. The van der Waals surface area contributed by atoms with Gasteiger partial charge in [0.2, 0.25) is 5.90 Å². The van der Waals surface area contributed by atoms with Crippen LogP contribution in [0, 0.1) is 13.8 Å². The van der Waals surface area contributed by atoms with Gasteiger partial charge in [0.25, 0.3) is 0 Å². The second kappa shape index (κ2) is 7.55. The first-order valence-electron chi connectivity index (χ1n) is 8.87. The van der Waals surface area contributed by atoms with Crippen molar-refractivity contribution in [2.24, 2.45) is 10.1 Å². The number of pyridine rings is 1. The molecule has 4 heterocycles. The van der Waals surface area contributed by atoms with Crippen LogP contribution in [-0.2, 0) is 11.3 Å². The molecule has 4 aromatic heterocycles. The molecule has 0 fully saturated rings. The summed E-state index contributed by atoms with van der Waals surface area (Å²) in [5.41, 5.74) is 4.12. The van der Waals surface area contributed by atoms with Gasteiger partial charge in [0.1, 0.15) is 22.4 Å². The van der Waals surface area contributed by atoms with Crippen molar-refractivity contribution in [1.29, 1.82) is 0 Å². The fourth-order valence-electron chi connectivity index (χ4n) is 3.28. The zero-order valence-corrected chi connectivity index (χ0v) is 17.4. The van der Waals surface area contributed by atoms with E-state index in [2.05, 4.69) is 46.8 Å². The minimum Gasteiger partial charge on any atom is -0.480 e. The minimum atomic E-state index is 0.464. The van der Waals surface area contributed by atoms with Gasteiger partial charge in [0, 0.05) is 37.3 Å². The van der Waals surface area contributed by atoms with E-state index in [0.717, 1.165) is 33.3 Å². The molecule has 0 aliphatic heterocycles. The summed E-state index contributed by atoms with van der Waals surface area (Å²) >= 11 is 1.40. The predicted molar refractivity (Wildman–Crippen MR) is 114 cm³/mol. The maximum absolute atomic E-state index is 5.43. The van der Waals surface area contributed by atoms with Crippen molar-refractivity contribution in [1.82, 2.24) is 28.6 Å². The second-order valence-corrected chi connectivity index (χ2v) is 7.18. The molecule has 0 N–H and O–H groups in total. The highest BCUT2D eigenvalue weighted by Gasteiger charge is 2.19. The average Bonchev–Trinajstić information content (AvgIpc) is 3.41. The van der Waals surface area contributed by atoms with E-state index in [9.17, 15) is 0 Å². The quantitative estimate of drug-likeness (QED) is 0.374. The van der Waals surface area contributed by atoms with Crippen molar-refractivity contribution in [3.63, 3.8) is 0 Å². The smallest absolute Gasteiger partial charge is 0.235 e. The molecule has 0 aliphatic carbocycles. The Labute approximate surface area is 171 Å². The van der Waals surface area contributed by atoms with Gasteiger partial charge in [-0.2, -0.15) is 9.47 Å². The molecule has 9 nitrogen and oxygen atoms in total. The van der Waals surface area contributed by atoms with Crippen LogP contribution in [0.2, 0.25) is 0 Å². The summed E-state index contributed by atoms with van der Waals surface area (Å²) in [5.74, 6) is 2.11. The molecule has 0 amide bonds. The third-order valence-corrected chi connectivity index (χ3v) is 5.38. The normalized spacial score (nSPS) is 11.9. The summed E-state index contributed by atoms with van der Waals surface area (Å²) in [6, 6.07) is 4.00. The number of aliphatic imine (C=N–C) groups is 1. The minimum absolute atomic E-state index is 0.464. The Morgan fingerprint density at radius 1 is 1.31 bits per heavy atom. The Morgan fingerprint density at radius 2 is 2.14 bits per heavy atom. The largest absolute Gasteiger partial charge is 0.480 e. The second-order valence-electron chi connectivity index (χ2n) is 6.34. The number of ether oxygens (including phenoxy) is 1. The van der Waals surface area contributed by atoms with Gasteiger partial charge in [-0.05, 0) is 37.5 Å². The van der Waals surface area contributed by atoms with Crippen molar-refractivity contribution >= 4 is 35.3 Å². The number of hydrogen-bond donors (Lipinski definition) is 0. The highest BCUT2D eigenvalue weighted by molar-refractivity contribution is 7.05. The van der Waals surface area contributed by atoms with Crippen molar-refractivity contribution in [3.05, 3.63) is 46.9 Å². The van der Waals surface area contributed by atoms with Crippen molar-refractivity contribution in [3.8, 4) is 11.1 Å².